The zero-order chi connectivity index (χ0) is 12.7. The van der Waals surface area contributed by atoms with Crippen LogP contribution in [0.25, 0.3) is 0 Å². The Labute approximate surface area is 111 Å². The van der Waals surface area contributed by atoms with E-state index < -0.39 is 0 Å². The standard InChI is InChI=1S/C14H17ClFNO/c15-11-3-1-10(13(16)5-11)7-17-6-9-2-4-14(18)12(9)8-17/h1,3,5,9,12,14,18H,2,4,6-8H2. The molecule has 1 aromatic carbocycles. The number of nitrogens with zero attached hydrogens (tertiary/aromatic N) is 1. The zero-order valence-corrected chi connectivity index (χ0v) is 10.9. The molecule has 0 aromatic heterocycles. The molecule has 3 atom stereocenters. The van der Waals surface area contributed by atoms with Gasteiger partial charge in [0.15, 0.2) is 0 Å². The fourth-order valence-electron chi connectivity index (χ4n) is 3.35. The second-order valence-electron chi connectivity index (χ2n) is 5.50. The Morgan fingerprint density at radius 2 is 2.17 bits per heavy atom. The Kier molecular flexibility index (Phi) is 3.31. The number of rotatable bonds is 2. The minimum absolute atomic E-state index is 0.157. The first-order chi connectivity index (χ1) is 8.63. The normalized spacial score (nSPS) is 31.8. The molecule has 1 saturated carbocycles. The van der Waals surface area contributed by atoms with E-state index in [0.29, 0.717) is 29.0 Å². The van der Waals surface area contributed by atoms with Crippen molar-refractivity contribution in [3.63, 3.8) is 0 Å². The number of halogens is 2. The highest BCUT2D eigenvalue weighted by Gasteiger charge is 2.41. The van der Waals surface area contributed by atoms with Gasteiger partial charge in [0, 0.05) is 36.1 Å². The second-order valence-corrected chi connectivity index (χ2v) is 5.93. The molecule has 1 heterocycles. The third kappa shape index (κ3) is 2.27. The van der Waals surface area contributed by atoms with Crippen molar-refractivity contribution in [3.05, 3.63) is 34.6 Å². The summed E-state index contributed by atoms with van der Waals surface area (Å²) in [4.78, 5) is 2.24. The summed E-state index contributed by atoms with van der Waals surface area (Å²) in [6.07, 6.45) is 1.87. The zero-order valence-electron chi connectivity index (χ0n) is 10.1. The molecule has 0 spiro atoms. The molecule has 18 heavy (non-hydrogen) atoms. The molecule has 2 nitrogen and oxygen atoms in total. The van der Waals surface area contributed by atoms with Crippen molar-refractivity contribution in [2.75, 3.05) is 13.1 Å². The monoisotopic (exact) mass is 269 g/mol. The van der Waals surface area contributed by atoms with Crippen molar-refractivity contribution in [2.24, 2.45) is 11.8 Å². The summed E-state index contributed by atoms with van der Waals surface area (Å²) in [5.74, 6) is 0.746. The van der Waals surface area contributed by atoms with Gasteiger partial charge in [0.2, 0.25) is 0 Å². The smallest absolute Gasteiger partial charge is 0.129 e. The Hall–Kier alpha value is -0.640. The van der Waals surface area contributed by atoms with Crippen molar-refractivity contribution in [3.8, 4) is 0 Å². The highest BCUT2D eigenvalue weighted by atomic mass is 35.5. The van der Waals surface area contributed by atoms with Gasteiger partial charge in [0.25, 0.3) is 0 Å². The molecule has 1 aliphatic carbocycles. The highest BCUT2D eigenvalue weighted by molar-refractivity contribution is 6.30. The van der Waals surface area contributed by atoms with E-state index in [2.05, 4.69) is 4.90 Å². The van der Waals surface area contributed by atoms with Crippen LogP contribution in [0.1, 0.15) is 18.4 Å². The molecule has 1 aliphatic heterocycles. The molecule has 0 radical (unpaired) electrons. The molecule has 1 aromatic rings. The van der Waals surface area contributed by atoms with Crippen LogP contribution in [-0.2, 0) is 6.54 Å². The second kappa shape index (κ2) is 4.80. The lowest BCUT2D eigenvalue weighted by atomic mass is 10.00. The first kappa shape index (κ1) is 12.4. The fraction of sp³-hybridized carbons (Fsp3) is 0.571. The Morgan fingerprint density at radius 3 is 2.89 bits per heavy atom. The summed E-state index contributed by atoms with van der Waals surface area (Å²) < 4.78 is 13.7. The lowest BCUT2D eigenvalue weighted by Gasteiger charge is -2.18. The van der Waals surface area contributed by atoms with Crippen molar-refractivity contribution < 1.29 is 9.50 Å². The molecular weight excluding hydrogens is 253 g/mol. The lowest BCUT2D eigenvalue weighted by molar-refractivity contribution is 0.123. The van der Waals surface area contributed by atoms with Crippen molar-refractivity contribution in [1.82, 2.24) is 4.90 Å². The molecule has 98 valence electrons. The molecule has 3 rings (SSSR count). The van der Waals surface area contributed by atoms with Gasteiger partial charge in [0.05, 0.1) is 6.10 Å². The number of aliphatic hydroxyl groups is 1. The van der Waals surface area contributed by atoms with Gasteiger partial charge in [-0.25, -0.2) is 4.39 Å². The number of hydrogen-bond donors (Lipinski definition) is 1. The average Bonchev–Trinajstić information content (AvgIpc) is 2.86. The van der Waals surface area contributed by atoms with E-state index in [9.17, 15) is 9.50 Å². The number of aliphatic hydroxyl groups excluding tert-OH is 1. The molecule has 0 amide bonds. The van der Waals surface area contributed by atoms with Gasteiger partial charge in [-0.05, 0) is 30.9 Å². The quantitative estimate of drug-likeness (QED) is 0.892. The van der Waals surface area contributed by atoms with Crippen LogP contribution in [0, 0.1) is 17.7 Å². The minimum Gasteiger partial charge on any atom is -0.393 e. The maximum absolute atomic E-state index is 13.7. The van der Waals surface area contributed by atoms with E-state index in [1.165, 1.54) is 6.07 Å². The van der Waals surface area contributed by atoms with Crippen LogP contribution in [0.4, 0.5) is 4.39 Å². The molecule has 0 bridgehead atoms. The largest absolute Gasteiger partial charge is 0.393 e. The van der Waals surface area contributed by atoms with E-state index in [0.717, 1.165) is 25.9 Å². The highest BCUT2D eigenvalue weighted by Crippen LogP contribution is 2.38. The van der Waals surface area contributed by atoms with E-state index >= 15 is 0 Å². The van der Waals surface area contributed by atoms with Gasteiger partial charge in [-0.1, -0.05) is 17.7 Å². The number of likely N-dealkylation sites (tertiary alicyclic amines) is 1. The molecule has 2 aliphatic rings. The van der Waals surface area contributed by atoms with Crippen molar-refractivity contribution in [1.29, 1.82) is 0 Å². The van der Waals surface area contributed by atoms with Crippen LogP contribution < -0.4 is 0 Å². The van der Waals surface area contributed by atoms with E-state index in [1.807, 2.05) is 0 Å². The van der Waals surface area contributed by atoms with E-state index in [1.54, 1.807) is 12.1 Å². The van der Waals surface area contributed by atoms with Gasteiger partial charge in [-0.2, -0.15) is 0 Å². The summed E-state index contributed by atoms with van der Waals surface area (Å²) in [5.41, 5.74) is 0.689. The van der Waals surface area contributed by atoms with Crippen LogP contribution in [0.15, 0.2) is 18.2 Å². The van der Waals surface area contributed by atoms with Crippen LogP contribution in [0.2, 0.25) is 5.02 Å². The lowest BCUT2D eigenvalue weighted by Crippen LogP contribution is -2.24. The van der Waals surface area contributed by atoms with Gasteiger partial charge in [-0.3, -0.25) is 4.90 Å². The summed E-state index contributed by atoms with van der Waals surface area (Å²) in [6, 6.07) is 4.84. The number of hydrogen-bond acceptors (Lipinski definition) is 2. The SMILES string of the molecule is OC1CCC2CN(Cc3ccc(Cl)cc3F)CC12. The fourth-order valence-corrected chi connectivity index (χ4v) is 3.51. The van der Waals surface area contributed by atoms with Crippen LogP contribution in [0.3, 0.4) is 0 Å². The average molecular weight is 270 g/mol. The minimum atomic E-state index is -0.236. The summed E-state index contributed by atoms with van der Waals surface area (Å²) in [5, 5.41) is 10.3. The molecule has 2 fully saturated rings. The van der Waals surface area contributed by atoms with Crippen LogP contribution in [-0.4, -0.2) is 29.2 Å². The molecular formula is C14H17ClFNO. The third-order valence-electron chi connectivity index (χ3n) is 4.30. The van der Waals surface area contributed by atoms with Gasteiger partial charge < -0.3 is 5.11 Å². The van der Waals surface area contributed by atoms with Crippen molar-refractivity contribution in [2.45, 2.75) is 25.5 Å². The first-order valence-corrected chi connectivity index (χ1v) is 6.85. The summed E-state index contributed by atoms with van der Waals surface area (Å²) in [6.45, 7) is 2.47. The van der Waals surface area contributed by atoms with Gasteiger partial charge in [0.1, 0.15) is 5.82 Å². The van der Waals surface area contributed by atoms with E-state index in [-0.39, 0.29) is 11.9 Å². The maximum atomic E-state index is 13.7. The topological polar surface area (TPSA) is 23.5 Å². The number of fused-ring (bicyclic) bond motifs is 1. The van der Waals surface area contributed by atoms with Gasteiger partial charge in [-0.15, -0.1) is 0 Å². The Bertz CT molecular complexity index is 453. The first-order valence-electron chi connectivity index (χ1n) is 6.48. The van der Waals surface area contributed by atoms with Gasteiger partial charge >= 0.3 is 0 Å². The summed E-state index contributed by atoms with van der Waals surface area (Å²) >= 11 is 5.74. The van der Waals surface area contributed by atoms with Crippen LogP contribution >= 0.6 is 11.6 Å². The predicted octanol–water partition coefficient (Wildman–Crippen LogP) is 2.68. The molecule has 1 saturated heterocycles. The molecule has 4 heteroatoms. The third-order valence-corrected chi connectivity index (χ3v) is 4.54. The van der Waals surface area contributed by atoms with Crippen molar-refractivity contribution >= 4 is 11.6 Å². The number of benzene rings is 1. The Balaban J connectivity index is 1.68. The summed E-state index contributed by atoms with van der Waals surface area (Å²) in [7, 11) is 0. The molecule has 3 unspecified atom stereocenters. The maximum Gasteiger partial charge on any atom is 0.129 e. The predicted molar refractivity (Wildman–Crippen MR) is 68.9 cm³/mol. The Morgan fingerprint density at radius 1 is 1.33 bits per heavy atom. The van der Waals surface area contributed by atoms with E-state index in [4.69, 9.17) is 11.6 Å². The molecule has 1 N–H and O–H groups in total. The van der Waals surface area contributed by atoms with Crippen LogP contribution in [0.5, 0.6) is 0 Å².